The zero-order valence-corrected chi connectivity index (χ0v) is 13.5. The Morgan fingerprint density at radius 1 is 1.12 bits per heavy atom. The smallest absolute Gasteiger partial charge is 0.336 e. The third-order valence-electron chi connectivity index (χ3n) is 5.67. The lowest BCUT2D eigenvalue weighted by Gasteiger charge is -2.43. The second kappa shape index (κ2) is 6.06. The molecule has 1 amide bonds. The minimum atomic E-state index is -0.371. The van der Waals surface area contributed by atoms with Gasteiger partial charge in [-0.05, 0) is 61.8 Å². The molecule has 1 aromatic carbocycles. The van der Waals surface area contributed by atoms with Crippen LogP contribution in [0.1, 0.15) is 32.1 Å². The summed E-state index contributed by atoms with van der Waals surface area (Å²) in [7, 11) is 0. The van der Waals surface area contributed by atoms with Crippen LogP contribution in [0.25, 0.3) is 11.0 Å². The highest BCUT2D eigenvalue weighted by atomic mass is 16.4. The van der Waals surface area contributed by atoms with E-state index >= 15 is 0 Å². The van der Waals surface area contributed by atoms with E-state index in [4.69, 9.17) is 10.2 Å². The quantitative estimate of drug-likeness (QED) is 0.831. The van der Waals surface area contributed by atoms with E-state index in [2.05, 4.69) is 5.32 Å². The predicted molar refractivity (Wildman–Crippen MR) is 92.6 cm³/mol. The normalized spacial score (nSPS) is 29.4. The van der Waals surface area contributed by atoms with E-state index in [9.17, 15) is 9.59 Å². The molecule has 2 bridgehead atoms. The molecule has 126 valence electrons. The van der Waals surface area contributed by atoms with Crippen LogP contribution < -0.4 is 16.7 Å². The first kappa shape index (κ1) is 15.4. The number of carbonyl (C=O) groups is 1. The summed E-state index contributed by atoms with van der Waals surface area (Å²) in [5, 5.41) is 3.82. The van der Waals surface area contributed by atoms with E-state index < -0.39 is 0 Å². The SMILES string of the molecule is NC1C2CCCC1CC(C(=O)Nc1ccc3oc(=O)ccc3c1)C2. The van der Waals surface area contributed by atoms with Crippen LogP contribution in [0.4, 0.5) is 5.69 Å². The monoisotopic (exact) mass is 326 g/mol. The summed E-state index contributed by atoms with van der Waals surface area (Å²) in [6.07, 6.45) is 5.33. The Bertz CT molecular complexity index is 815. The van der Waals surface area contributed by atoms with Crippen molar-refractivity contribution in [2.45, 2.75) is 38.1 Å². The Hall–Kier alpha value is -2.14. The second-order valence-corrected chi connectivity index (χ2v) is 7.19. The fourth-order valence-electron chi connectivity index (χ4n) is 4.40. The molecule has 0 saturated heterocycles. The fraction of sp³-hybridized carbons (Fsp3) is 0.474. The minimum Gasteiger partial charge on any atom is -0.423 e. The van der Waals surface area contributed by atoms with Crippen molar-refractivity contribution in [1.29, 1.82) is 0 Å². The van der Waals surface area contributed by atoms with Crippen LogP contribution >= 0.6 is 0 Å². The molecule has 2 fully saturated rings. The Morgan fingerprint density at radius 3 is 2.62 bits per heavy atom. The molecule has 2 saturated carbocycles. The molecule has 4 rings (SSSR count). The van der Waals surface area contributed by atoms with Gasteiger partial charge in [0.1, 0.15) is 5.58 Å². The van der Waals surface area contributed by atoms with Crippen molar-refractivity contribution in [1.82, 2.24) is 0 Å². The van der Waals surface area contributed by atoms with Crippen LogP contribution in [0.5, 0.6) is 0 Å². The van der Waals surface area contributed by atoms with Gasteiger partial charge in [-0.15, -0.1) is 0 Å². The number of benzene rings is 1. The highest BCUT2D eigenvalue weighted by Crippen LogP contribution is 2.42. The van der Waals surface area contributed by atoms with Gasteiger partial charge in [0.15, 0.2) is 0 Å². The van der Waals surface area contributed by atoms with Crippen LogP contribution in [0.3, 0.4) is 0 Å². The molecule has 0 aliphatic heterocycles. The highest BCUT2D eigenvalue weighted by molar-refractivity contribution is 5.94. The van der Waals surface area contributed by atoms with Crippen LogP contribution in [-0.2, 0) is 4.79 Å². The van der Waals surface area contributed by atoms with Gasteiger partial charge in [-0.25, -0.2) is 4.79 Å². The number of nitrogens with one attached hydrogen (secondary N) is 1. The molecule has 3 N–H and O–H groups in total. The van der Waals surface area contributed by atoms with Gasteiger partial charge in [0.2, 0.25) is 5.91 Å². The molecule has 1 heterocycles. The van der Waals surface area contributed by atoms with Gasteiger partial charge in [-0.2, -0.15) is 0 Å². The standard InChI is InChI=1S/C19H22N2O3/c20-18-12-2-1-3-13(18)9-14(8-12)19(23)21-15-5-6-16-11(10-15)4-7-17(22)24-16/h4-7,10,12-14,18H,1-3,8-9,20H2,(H,21,23). The Morgan fingerprint density at radius 2 is 1.88 bits per heavy atom. The molecular weight excluding hydrogens is 304 g/mol. The summed E-state index contributed by atoms with van der Waals surface area (Å²) >= 11 is 0. The summed E-state index contributed by atoms with van der Waals surface area (Å²) in [6.45, 7) is 0. The topological polar surface area (TPSA) is 85.3 Å². The van der Waals surface area contributed by atoms with Crippen molar-refractivity contribution >= 4 is 22.6 Å². The molecule has 5 heteroatoms. The van der Waals surface area contributed by atoms with Crippen LogP contribution in [0.2, 0.25) is 0 Å². The minimum absolute atomic E-state index is 0.0458. The van der Waals surface area contributed by atoms with E-state index in [1.165, 1.54) is 12.5 Å². The average molecular weight is 326 g/mol. The molecule has 2 aromatic rings. The number of amides is 1. The Kier molecular flexibility index (Phi) is 3.88. The summed E-state index contributed by atoms with van der Waals surface area (Å²) in [5.74, 6) is 1.10. The zero-order valence-electron chi connectivity index (χ0n) is 13.5. The number of rotatable bonds is 2. The zero-order chi connectivity index (χ0) is 16.7. The number of fused-ring (bicyclic) bond motifs is 3. The summed E-state index contributed by atoms with van der Waals surface area (Å²) < 4.78 is 5.12. The number of hydrogen-bond acceptors (Lipinski definition) is 4. The van der Waals surface area contributed by atoms with Crippen LogP contribution in [-0.4, -0.2) is 11.9 Å². The lowest BCUT2D eigenvalue weighted by Crippen LogP contribution is -2.48. The van der Waals surface area contributed by atoms with Gasteiger partial charge >= 0.3 is 5.63 Å². The van der Waals surface area contributed by atoms with Crippen molar-refractivity contribution < 1.29 is 9.21 Å². The molecule has 2 unspecified atom stereocenters. The van der Waals surface area contributed by atoms with E-state index in [-0.39, 0.29) is 23.5 Å². The van der Waals surface area contributed by atoms with Gasteiger partial charge in [-0.1, -0.05) is 6.42 Å². The van der Waals surface area contributed by atoms with Crippen molar-refractivity contribution in [3.63, 3.8) is 0 Å². The van der Waals surface area contributed by atoms with Crippen molar-refractivity contribution in [2.24, 2.45) is 23.5 Å². The number of hydrogen-bond donors (Lipinski definition) is 2. The van der Waals surface area contributed by atoms with E-state index in [0.29, 0.717) is 17.4 Å². The largest absolute Gasteiger partial charge is 0.423 e. The highest BCUT2D eigenvalue weighted by Gasteiger charge is 2.40. The van der Waals surface area contributed by atoms with E-state index in [0.717, 1.165) is 36.8 Å². The lowest BCUT2D eigenvalue weighted by molar-refractivity contribution is -0.122. The number of nitrogens with two attached hydrogens (primary N) is 1. The molecule has 2 aliphatic rings. The van der Waals surface area contributed by atoms with Crippen molar-refractivity contribution in [3.05, 3.63) is 40.8 Å². The number of anilines is 1. The third kappa shape index (κ3) is 2.84. The maximum absolute atomic E-state index is 12.7. The molecule has 1 aromatic heterocycles. The first-order chi connectivity index (χ1) is 11.6. The fourth-order valence-corrected chi connectivity index (χ4v) is 4.40. The molecule has 2 aliphatic carbocycles. The van der Waals surface area contributed by atoms with Crippen molar-refractivity contribution in [3.8, 4) is 0 Å². The summed E-state index contributed by atoms with van der Waals surface area (Å²) in [6, 6.07) is 8.70. The third-order valence-corrected chi connectivity index (χ3v) is 5.67. The molecule has 0 spiro atoms. The maximum Gasteiger partial charge on any atom is 0.336 e. The summed E-state index contributed by atoms with van der Waals surface area (Å²) in [4.78, 5) is 23.9. The first-order valence-electron chi connectivity index (χ1n) is 8.70. The van der Waals surface area contributed by atoms with E-state index in [1.807, 2.05) is 6.07 Å². The van der Waals surface area contributed by atoms with Gasteiger partial charge in [-0.3, -0.25) is 4.79 Å². The van der Waals surface area contributed by atoms with E-state index in [1.54, 1.807) is 18.2 Å². The molecule has 0 radical (unpaired) electrons. The van der Waals surface area contributed by atoms with Crippen LogP contribution in [0, 0.1) is 17.8 Å². The van der Waals surface area contributed by atoms with Gasteiger partial charge in [0.05, 0.1) is 0 Å². The summed E-state index contributed by atoms with van der Waals surface area (Å²) in [5.41, 5.74) is 7.20. The molecule has 2 atom stereocenters. The Balaban J connectivity index is 1.50. The van der Waals surface area contributed by atoms with Gasteiger partial charge in [0, 0.05) is 29.1 Å². The maximum atomic E-state index is 12.7. The molecular formula is C19H22N2O3. The van der Waals surface area contributed by atoms with Gasteiger partial charge < -0.3 is 15.5 Å². The molecule has 24 heavy (non-hydrogen) atoms. The first-order valence-corrected chi connectivity index (χ1v) is 8.70. The van der Waals surface area contributed by atoms with Gasteiger partial charge in [0.25, 0.3) is 0 Å². The van der Waals surface area contributed by atoms with Crippen LogP contribution in [0.15, 0.2) is 39.5 Å². The lowest BCUT2D eigenvalue weighted by atomic mass is 9.65. The predicted octanol–water partition coefficient (Wildman–Crippen LogP) is 2.89. The van der Waals surface area contributed by atoms with Crippen molar-refractivity contribution in [2.75, 3.05) is 5.32 Å². The second-order valence-electron chi connectivity index (χ2n) is 7.19. The Labute approximate surface area is 140 Å². The molecule has 5 nitrogen and oxygen atoms in total. The average Bonchev–Trinajstić information content (AvgIpc) is 2.54. The number of carbonyl (C=O) groups excluding carboxylic acids is 1.